The summed E-state index contributed by atoms with van der Waals surface area (Å²) in [4.78, 5) is 0. The van der Waals surface area contributed by atoms with E-state index in [-0.39, 0.29) is 5.75 Å². The molecule has 0 atom stereocenters. The van der Waals surface area contributed by atoms with Crippen molar-refractivity contribution in [3.8, 4) is 5.75 Å². The average Bonchev–Trinajstić information content (AvgIpc) is 1.99. The first-order chi connectivity index (χ1) is 6.68. The number of hydrogen-bond acceptors (Lipinski definition) is 2. The van der Waals surface area contributed by atoms with Gasteiger partial charge in [-0.05, 0) is 31.5 Å². The van der Waals surface area contributed by atoms with E-state index < -0.39 is 18.0 Å². The van der Waals surface area contributed by atoms with Gasteiger partial charge in [0.2, 0.25) is 0 Å². The number of rotatable bonds is 2. The predicted octanol–water partition coefficient (Wildman–Crippen LogP) is 3.74. The minimum atomic E-state index is -4.34. The zero-order valence-electron chi connectivity index (χ0n) is 8.21. The molecule has 84 valence electrons. The first-order valence-corrected chi connectivity index (χ1v) is 7.72. The number of alkyl halides is 3. The van der Waals surface area contributed by atoms with Crippen molar-refractivity contribution in [3.63, 3.8) is 0 Å². The maximum absolute atomic E-state index is 12.3. The van der Waals surface area contributed by atoms with Gasteiger partial charge in [0.15, 0.2) is 0 Å². The van der Waals surface area contributed by atoms with Gasteiger partial charge in [-0.15, -0.1) is 0 Å². The van der Waals surface area contributed by atoms with E-state index in [2.05, 4.69) is 0 Å². The summed E-state index contributed by atoms with van der Waals surface area (Å²) in [7, 11) is 0. The first-order valence-electron chi connectivity index (χ1n) is 4.10. The van der Waals surface area contributed by atoms with E-state index in [9.17, 15) is 13.2 Å². The van der Waals surface area contributed by atoms with Crippen molar-refractivity contribution in [1.82, 2.24) is 0 Å². The molecule has 0 N–H and O–H groups in total. The van der Waals surface area contributed by atoms with Gasteiger partial charge in [-0.2, -0.15) is 13.2 Å². The Balaban J connectivity index is 2.99. The molecule has 0 saturated heterocycles. The monoisotopic (exact) mass is 254 g/mol. The van der Waals surface area contributed by atoms with Gasteiger partial charge < -0.3 is 4.52 Å². The van der Waals surface area contributed by atoms with E-state index >= 15 is 0 Å². The molecule has 1 nitrogen and oxygen atoms in total. The smallest absolute Gasteiger partial charge is 0.416 e. The second kappa shape index (κ2) is 4.14. The van der Waals surface area contributed by atoms with Crippen molar-refractivity contribution in [2.24, 2.45) is 0 Å². The fourth-order valence-corrected chi connectivity index (χ4v) is 1.86. The summed E-state index contributed by atoms with van der Waals surface area (Å²) >= 11 is 5.01. The van der Waals surface area contributed by atoms with E-state index in [1.165, 1.54) is 12.1 Å². The second-order valence-corrected chi connectivity index (χ2v) is 8.69. The van der Waals surface area contributed by atoms with Crippen molar-refractivity contribution >= 4 is 18.1 Å². The Morgan fingerprint density at radius 2 is 1.87 bits per heavy atom. The number of halogens is 3. The largest absolute Gasteiger partial charge is 0.467 e. The third kappa shape index (κ3) is 4.22. The van der Waals surface area contributed by atoms with Gasteiger partial charge >= 0.3 is 6.18 Å². The van der Waals surface area contributed by atoms with E-state index in [0.29, 0.717) is 0 Å². The number of benzene rings is 1. The van der Waals surface area contributed by atoms with E-state index in [0.717, 1.165) is 12.1 Å². The van der Waals surface area contributed by atoms with Crippen LogP contribution in [-0.2, 0) is 18.0 Å². The molecule has 0 spiro atoms. The van der Waals surface area contributed by atoms with Crippen LogP contribution in [0.1, 0.15) is 5.56 Å². The minimum Gasteiger partial charge on any atom is -0.467 e. The Labute approximate surface area is 91.3 Å². The molecule has 0 aliphatic heterocycles. The van der Waals surface area contributed by atoms with Gasteiger partial charge in [0, 0.05) is 0 Å². The van der Waals surface area contributed by atoms with Gasteiger partial charge in [-0.1, -0.05) is 17.9 Å². The van der Waals surface area contributed by atoms with Gasteiger partial charge in [-0.25, -0.2) is 0 Å². The molecular formula is C9H10F3OPS. The van der Waals surface area contributed by atoms with Gasteiger partial charge in [0.25, 0.3) is 0 Å². The molecule has 1 aromatic carbocycles. The van der Waals surface area contributed by atoms with Crippen molar-refractivity contribution in [2.45, 2.75) is 6.18 Å². The van der Waals surface area contributed by atoms with Gasteiger partial charge in [-0.3, -0.25) is 0 Å². The third-order valence-corrected chi connectivity index (χ3v) is 2.36. The SMILES string of the molecule is CP(C)(=S)Oc1cccc(C(F)(F)F)c1. The van der Waals surface area contributed by atoms with Crippen LogP contribution in [0.5, 0.6) is 5.75 Å². The maximum atomic E-state index is 12.3. The molecule has 0 bridgehead atoms. The highest BCUT2D eigenvalue weighted by Gasteiger charge is 2.30. The Bertz CT molecular complexity index is 397. The normalized spacial score (nSPS) is 12.6. The molecule has 0 aromatic heterocycles. The van der Waals surface area contributed by atoms with Crippen LogP contribution in [0.25, 0.3) is 0 Å². The van der Waals surface area contributed by atoms with Crippen LogP contribution in [0, 0.1) is 0 Å². The molecule has 15 heavy (non-hydrogen) atoms. The standard InChI is InChI=1S/C9H10F3OPS/c1-14(2,15)13-8-5-3-4-7(6-8)9(10,11)12/h3-6H,1-2H3. The summed E-state index contributed by atoms with van der Waals surface area (Å²) in [5.74, 6) is 0.179. The zero-order valence-corrected chi connectivity index (χ0v) is 9.92. The molecule has 0 radical (unpaired) electrons. The highest BCUT2D eigenvalue weighted by Crippen LogP contribution is 2.40. The Morgan fingerprint density at radius 1 is 1.27 bits per heavy atom. The van der Waals surface area contributed by atoms with Crippen molar-refractivity contribution in [2.75, 3.05) is 13.3 Å². The Kier molecular flexibility index (Phi) is 3.46. The first kappa shape index (κ1) is 12.5. The van der Waals surface area contributed by atoms with Crippen molar-refractivity contribution in [3.05, 3.63) is 29.8 Å². The maximum Gasteiger partial charge on any atom is 0.416 e. The second-order valence-electron chi connectivity index (χ2n) is 3.37. The molecule has 0 aliphatic carbocycles. The molecule has 0 saturated carbocycles. The topological polar surface area (TPSA) is 9.23 Å². The summed E-state index contributed by atoms with van der Waals surface area (Å²) in [5.41, 5.74) is -0.719. The van der Waals surface area contributed by atoms with E-state index in [1.807, 2.05) is 0 Å². The fraction of sp³-hybridized carbons (Fsp3) is 0.333. The van der Waals surface area contributed by atoms with E-state index in [4.69, 9.17) is 16.3 Å². The van der Waals surface area contributed by atoms with Crippen LogP contribution in [0.4, 0.5) is 13.2 Å². The molecule has 1 aromatic rings. The van der Waals surface area contributed by atoms with Crippen molar-refractivity contribution < 1.29 is 17.7 Å². The highest BCUT2D eigenvalue weighted by atomic mass is 32.4. The predicted molar refractivity (Wildman–Crippen MR) is 58.2 cm³/mol. The van der Waals surface area contributed by atoms with E-state index in [1.54, 1.807) is 13.3 Å². The average molecular weight is 254 g/mol. The zero-order chi connectivity index (χ0) is 11.7. The fourth-order valence-electron chi connectivity index (χ4n) is 0.983. The highest BCUT2D eigenvalue weighted by molar-refractivity contribution is 8.11. The lowest BCUT2D eigenvalue weighted by Gasteiger charge is -2.15. The van der Waals surface area contributed by atoms with Crippen LogP contribution in [0.15, 0.2) is 24.3 Å². The van der Waals surface area contributed by atoms with Crippen molar-refractivity contribution in [1.29, 1.82) is 0 Å². The lowest BCUT2D eigenvalue weighted by atomic mass is 10.2. The summed E-state index contributed by atoms with van der Waals surface area (Å²) < 4.78 is 42.2. The summed E-state index contributed by atoms with van der Waals surface area (Å²) in [6.07, 6.45) is -6.34. The van der Waals surface area contributed by atoms with Gasteiger partial charge in [0.1, 0.15) is 12.0 Å². The van der Waals surface area contributed by atoms with Crippen LogP contribution in [0.3, 0.4) is 0 Å². The van der Waals surface area contributed by atoms with Gasteiger partial charge in [0.05, 0.1) is 5.56 Å². The Morgan fingerprint density at radius 3 is 2.33 bits per heavy atom. The molecule has 0 unspecified atom stereocenters. The summed E-state index contributed by atoms with van der Waals surface area (Å²) in [6.45, 7) is 3.42. The Hall–Kier alpha value is -0.540. The van der Waals surface area contributed by atoms with Crippen LogP contribution in [-0.4, -0.2) is 13.3 Å². The quantitative estimate of drug-likeness (QED) is 0.743. The molecule has 0 heterocycles. The molecule has 0 aliphatic rings. The molecule has 1 rings (SSSR count). The summed E-state index contributed by atoms with van der Waals surface area (Å²) in [5, 5.41) is 0. The lowest BCUT2D eigenvalue weighted by molar-refractivity contribution is -0.137. The molecular weight excluding hydrogens is 244 g/mol. The number of hydrogen-bond donors (Lipinski definition) is 0. The lowest BCUT2D eigenvalue weighted by Crippen LogP contribution is -2.04. The molecule has 6 heteroatoms. The minimum absolute atomic E-state index is 0.179. The third-order valence-electron chi connectivity index (χ3n) is 1.49. The molecule has 0 amide bonds. The summed E-state index contributed by atoms with van der Waals surface area (Å²) in [6, 6.07) is 4.75. The van der Waals surface area contributed by atoms with Crippen LogP contribution < -0.4 is 4.52 Å². The molecule has 0 fully saturated rings. The van der Waals surface area contributed by atoms with Crippen LogP contribution >= 0.6 is 6.26 Å². The van der Waals surface area contributed by atoms with Crippen LogP contribution in [0.2, 0.25) is 0 Å².